The highest BCUT2D eigenvalue weighted by Gasteiger charge is 2.27. The van der Waals surface area contributed by atoms with Crippen molar-refractivity contribution in [1.82, 2.24) is 0 Å². The van der Waals surface area contributed by atoms with Crippen molar-refractivity contribution in [2.45, 2.75) is 19.4 Å². The number of carbonyl (C=O) groups excluding carboxylic acids is 1. The molecule has 0 aliphatic carbocycles. The predicted molar refractivity (Wildman–Crippen MR) is 80.8 cm³/mol. The number of fused-ring (bicyclic) bond motifs is 1. The summed E-state index contributed by atoms with van der Waals surface area (Å²) in [6, 6.07) is 15.1. The van der Waals surface area contributed by atoms with E-state index < -0.39 is 6.10 Å². The fourth-order valence-electron chi connectivity index (χ4n) is 2.20. The molecule has 108 valence electrons. The molecule has 1 N–H and O–H groups in total. The zero-order valence-electron chi connectivity index (χ0n) is 11.8. The van der Waals surface area contributed by atoms with Gasteiger partial charge in [0.15, 0.2) is 11.5 Å². The summed E-state index contributed by atoms with van der Waals surface area (Å²) in [5, 5.41) is 2.85. The summed E-state index contributed by atoms with van der Waals surface area (Å²) in [6.07, 6.45) is 0.343. The molecule has 1 aliphatic heterocycles. The molecule has 1 aliphatic rings. The Kier molecular flexibility index (Phi) is 3.77. The van der Waals surface area contributed by atoms with Gasteiger partial charge in [-0.15, -0.1) is 0 Å². The Bertz CT molecular complexity index is 637. The zero-order chi connectivity index (χ0) is 14.7. The third-order valence-electron chi connectivity index (χ3n) is 3.43. The summed E-state index contributed by atoms with van der Waals surface area (Å²) in [5.74, 6) is 1.08. The van der Waals surface area contributed by atoms with Crippen molar-refractivity contribution in [2.24, 2.45) is 0 Å². The average molecular weight is 283 g/mol. The molecule has 4 heteroatoms. The minimum Gasteiger partial charge on any atom is -0.485 e. The van der Waals surface area contributed by atoms with E-state index in [1.165, 1.54) is 5.56 Å². The number of rotatable bonds is 3. The largest absolute Gasteiger partial charge is 0.485 e. The summed E-state index contributed by atoms with van der Waals surface area (Å²) in [6.45, 7) is 2.31. The fourth-order valence-corrected chi connectivity index (χ4v) is 2.20. The molecule has 0 aromatic heterocycles. The van der Waals surface area contributed by atoms with E-state index in [0.717, 1.165) is 12.1 Å². The summed E-state index contributed by atoms with van der Waals surface area (Å²) in [7, 11) is 0. The highest BCUT2D eigenvalue weighted by Crippen LogP contribution is 2.31. The van der Waals surface area contributed by atoms with Crippen LogP contribution in [0.1, 0.15) is 12.5 Å². The number of carbonyl (C=O) groups is 1. The molecule has 1 atom stereocenters. The number of para-hydroxylation sites is 2. The number of aryl methyl sites for hydroxylation is 1. The number of amides is 1. The molecule has 0 fully saturated rings. The lowest BCUT2D eigenvalue weighted by atomic mass is 10.1. The molecule has 0 bridgehead atoms. The van der Waals surface area contributed by atoms with Gasteiger partial charge in [0.2, 0.25) is 6.10 Å². The Morgan fingerprint density at radius 1 is 1.14 bits per heavy atom. The second kappa shape index (κ2) is 5.87. The second-order valence-corrected chi connectivity index (χ2v) is 4.90. The van der Waals surface area contributed by atoms with Crippen LogP contribution >= 0.6 is 0 Å². The van der Waals surface area contributed by atoms with Crippen LogP contribution in [-0.2, 0) is 11.2 Å². The van der Waals surface area contributed by atoms with Crippen LogP contribution in [0.3, 0.4) is 0 Å². The normalized spacial score (nSPS) is 16.3. The molecular weight excluding hydrogens is 266 g/mol. The Hall–Kier alpha value is -2.49. The summed E-state index contributed by atoms with van der Waals surface area (Å²) >= 11 is 0. The molecule has 0 spiro atoms. The lowest BCUT2D eigenvalue weighted by Crippen LogP contribution is -2.40. The van der Waals surface area contributed by atoms with Crippen molar-refractivity contribution in [3.63, 3.8) is 0 Å². The van der Waals surface area contributed by atoms with Gasteiger partial charge in [0.25, 0.3) is 5.91 Å². The van der Waals surface area contributed by atoms with Gasteiger partial charge in [0, 0.05) is 5.69 Å². The monoisotopic (exact) mass is 283 g/mol. The topological polar surface area (TPSA) is 47.6 Å². The van der Waals surface area contributed by atoms with Crippen LogP contribution in [0.5, 0.6) is 11.5 Å². The van der Waals surface area contributed by atoms with Gasteiger partial charge in [-0.1, -0.05) is 31.2 Å². The molecule has 0 radical (unpaired) electrons. The standard InChI is InChI=1S/C17H17NO3/c1-2-12-7-9-13(10-8-12)18-17(19)16-11-20-14-5-3-4-6-15(14)21-16/h3-10,16H,2,11H2,1H3,(H,18,19)/t16-/m1/s1. The van der Waals surface area contributed by atoms with Crippen LogP contribution in [0.2, 0.25) is 0 Å². The van der Waals surface area contributed by atoms with Crippen molar-refractivity contribution >= 4 is 11.6 Å². The molecule has 3 rings (SSSR count). The molecule has 21 heavy (non-hydrogen) atoms. The van der Waals surface area contributed by atoms with Gasteiger partial charge < -0.3 is 14.8 Å². The van der Waals surface area contributed by atoms with Crippen molar-refractivity contribution in [1.29, 1.82) is 0 Å². The third kappa shape index (κ3) is 2.99. The van der Waals surface area contributed by atoms with Gasteiger partial charge in [0.1, 0.15) is 6.61 Å². The van der Waals surface area contributed by atoms with Crippen molar-refractivity contribution in [2.75, 3.05) is 11.9 Å². The van der Waals surface area contributed by atoms with E-state index in [4.69, 9.17) is 9.47 Å². The minimum atomic E-state index is -0.634. The second-order valence-electron chi connectivity index (χ2n) is 4.90. The third-order valence-corrected chi connectivity index (χ3v) is 3.43. The highest BCUT2D eigenvalue weighted by molar-refractivity contribution is 5.94. The quantitative estimate of drug-likeness (QED) is 0.942. The van der Waals surface area contributed by atoms with Crippen molar-refractivity contribution < 1.29 is 14.3 Å². The maximum atomic E-state index is 12.2. The smallest absolute Gasteiger partial charge is 0.269 e. The number of anilines is 1. The van der Waals surface area contributed by atoms with E-state index in [9.17, 15) is 4.79 Å². The predicted octanol–water partition coefficient (Wildman–Crippen LogP) is 3.03. The molecule has 4 nitrogen and oxygen atoms in total. The molecule has 2 aromatic rings. The molecule has 0 unspecified atom stereocenters. The van der Waals surface area contributed by atoms with E-state index in [1.54, 1.807) is 6.07 Å². The first kappa shape index (κ1) is 13.5. The molecule has 1 amide bonds. The van der Waals surface area contributed by atoms with Crippen molar-refractivity contribution in [3.05, 3.63) is 54.1 Å². The summed E-state index contributed by atoms with van der Waals surface area (Å²) < 4.78 is 11.2. The van der Waals surface area contributed by atoms with E-state index in [-0.39, 0.29) is 12.5 Å². The molecule has 2 aromatic carbocycles. The van der Waals surface area contributed by atoms with E-state index >= 15 is 0 Å². The highest BCUT2D eigenvalue weighted by atomic mass is 16.6. The molecule has 0 saturated heterocycles. The Morgan fingerprint density at radius 3 is 2.57 bits per heavy atom. The Balaban J connectivity index is 1.66. The van der Waals surface area contributed by atoms with Crippen molar-refractivity contribution in [3.8, 4) is 11.5 Å². The first-order chi connectivity index (χ1) is 10.3. The van der Waals surface area contributed by atoms with Crippen LogP contribution in [-0.4, -0.2) is 18.6 Å². The first-order valence-electron chi connectivity index (χ1n) is 7.04. The van der Waals surface area contributed by atoms with E-state index in [2.05, 4.69) is 12.2 Å². The van der Waals surface area contributed by atoms with Crippen LogP contribution < -0.4 is 14.8 Å². The Morgan fingerprint density at radius 2 is 1.86 bits per heavy atom. The maximum Gasteiger partial charge on any atom is 0.269 e. The number of nitrogens with one attached hydrogen (secondary N) is 1. The van der Waals surface area contributed by atoms with Crippen LogP contribution in [0.25, 0.3) is 0 Å². The fraction of sp³-hybridized carbons (Fsp3) is 0.235. The lowest BCUT2D eigenvalue weighted by molar-refractivity contribution is -0.125. The van der Waals surface area contributed by atoms with Gasteiger partial charge in [0.05, 0.1) is 0 Å². The molecule has 0 saturated carbocycles. The molecular formula is C17H17NO3. The van der Waals surface area contributed by atoms with Crippen LogP contribution in [0.15, 0.2) is 48.5 Å². The Labute approximate surface area is 123 Å². The van der Waals surface area contributed by atoms with Gasteiger partial charge in [-0.25, -0.2) is 0 Å². The van der Waals surface area contributed by atoms with E-state index in [1.807, 2.05) is 42.5 Å². The number of ether oxygens (including phenoxy) is 2. The van der Waals surface area contributed by atoms with Gasteiger partial charge in [-0.2, -0.15) is 0 Å². The number of hydrogen-bond donors (Lipinski definition) is 1. The number of benzene rings is 2. The zero-order valence-corrected chi connectivity index (χ0v) is 11.8. The average Bonchev–Trinajstić information content (AvgIpc) is 2.55. The minimum absolute atomic E-state index is 0.200. The number of hydrogen-bond acceptors (Lipinski definition) is 3. The van der Waals surface area contributed by atoms with Gasteiger partial charge >= 0.3 is 0 Å². The summed E-state index contributed by atoms with van der Waals surface area (Å²) in [4.78, 5) is 12.2. The first-order valence-corrected chi connectivity index (χ1v) is 7.04. The van der Waals surface area contributed by atoms with Crippen LogP contribution in [0.4, 0.5) is 5.69 Å². The molecule has 1 heterocycles. The maximum absolute atomic E-state index is 12.2. The lowest BCUT2D eigenvalue weighted by Gasteiger charge is -2.25. The van der Waals surface area contributed by atoms with E-state index in [0.29, 0.717) is 11.5 Å². The van der Waals surface area contributed by atoms with Crippen LogP contribution in [0, 0.1) is 0 Å². The van der Waals surface area contributed by atoms with Gasteiger partial charge in [-0.3, -0.25) is 4.79 Å². The summed E-state index contributed by atoms with van der Waals surface area (Å²) in [5.41, 5.74) is 2.00. The van der Waals surface area contributed by atoms with Gasteiger partial charge in [-0.05, 0) is 36.2 Å². The SMILES string of the molecule is CCc1ccc(NC(=O)[C@H]2COc3ccccc3O2)cc1.